The molecule has 12 nitrogen and oxygen atoms in total. The normalized spacial score (nSPS) is 24.2. The van der Waals surface area contributed by atoms with Crippen LogP contribution in [0.15, 0.2) is 54.6 Å². The van der Waals surface area contributed by atoms with Gasteiger partial charge >= 0.3 is 0 Å². The van der Waals surface area contributed by atoms with Crippen LogP contribution < -0.4 is 24.8 Å². The van der Waals surface area contributed by atoms with Gasteiger partial charge in [0, 0.05) is 80.7 Å². The summed E-state index contributed by atoms with van der Waals surface area (Å²) in [6.45, 7) is 15.6. The van der Waals surface area contributed by atoms with E-state index in [-0.39, 0.29) is 47.2 Å². The number of nitrogens with zero attached hydrogens (tertiary/aromatic N) is 6. The second kappa shape index (κ2) is 14.6. The smallest absolute Gasteiger partial charge is 0.262 e. The molecular weight excluding hydrogens is 749 g/mol. The summed E-state index contributed by atoms with van der Waals surface area (Å²) in [6, 6.07) is 16.4. The van der Waals surface area contributed by atoms with Gasteiger partial charge in [-0.2, -0.15) is 0 Å². The van der Waals surface area contributed by atoms with E-state index in [1.54, 1.807) is 0 Å². The summed E-state index contributed by atoms with van der Waals surface area (Å²) in [5.74, 6) is -2.20. The summed E-state index contributed by atoms with van der Waals surface area (Å²) >= 11 is 6.38. The van der Waals surface area contributed by atoms with Crippen molar-refractivity contribution in [1.29, 1.82) is 0 Å². The van der Waals surface area contributed by atoms with Crippen molar-refractivity contribution in [2.24, 2.45) is 5.41 Å². The molecule has 5 fully saturated rings. The van der Waals surface area contributed by atoms with Crippen LogP contribution in [0.4, 0.5) is 27.1 Å². The Hall–Kier alpha value is -5.19. The van der Waals surface area contributed by atoms with Gasteiger partial charge in [-0.3, -0.25) is 34.3 Å². The highest BCUT2D eigenvalue weighted by molar-refractivity contribution is 6.33. The van der Waals surface area contributed by atoms with Gasteiger partial charge in [-0.15, -0.1) is 0 Å². The number of halogens is 2. The first-order valence-corrected chi connectivity index (χ1v) is 20.4. The number of anilines is 3. The van der Waals surface area contributed by atoms with Crippen molar-refractivity contribution >= 4 is 58.0 Å². The monoisotopic (exact) mass is 793 g/mol. The van der Waals surface area contributed by atoms with Gasteiger partial charge in [0.05, 0.1) is 23.4 Å². The number of imide groups is 2. The minimum atomic E-state index is -1.09. The molecule has 5 saturated heterocycles. The molecule has 6 heterocycles. The van der Waals surface area contributed by atoms with E-state index in [2.05, 4.69) is 56.1 Å². The number of ether oxygens (including phenoxy) is 1. The van der Waals surface area contributed by atoms with E-state index in [1.165, 1.54) is 11.8 Å². The molecule has 1 N–H and O–H groups in total. The zero-order valence-electron chi connectivity index (χ0n) is 31.9. The molecular formula is C43H45ClFN7O5. The molecule has 0 aliphatic carbocycles. The highest BCUT2D eigenvalue weighted by Crippen LogP contribution is 2.46. The lowest BCUT2D eigenvalue weighted by Crippen LogP contribution is -2.61. The van der Waals surface area contributed by atoms with Crippen LogP contribution in [-0.2, 0) is 9.59 Å². The summed E-state index contributed by atoms with van der Waals surface area (Å²) in [4.78, 5) is 64.0. The van der Waals surface area contributed by atoms with Gasteiger partial charge in [0.2, 0.25) is 17.5 Å². The molecule has 14 heteroatoms. The van der Waals surface area contributed by atoms with E-state index in [0.29, 0.717) is 29.8 Å². The fourth-order valence-corrected chi connectivity index (χ4v) is 10.1. The lowest BCUT2D eigenvalue weighted by molar-refractivity contribution is -0.136. The number of benzene rings is 3. The number of hydrogen-bond donors (Lipinski definition) is 1. The van der Waals surface area contributed by atoms with Crippen molar-refractivity contribution in [2.45, 2.75) is 76.1 Å². The standard InChI is InChI=1S/C43H45ClFN7O5/c1-26-22-43(25-51(26)28-5-8-36(46-2)34(44)19-28)13-17-49(18-14-43)27-3-6-30(7-4-27)57-31-11-15-48(16-12-31)29-23-50(24-29)38-21-33-32(20-35(38)45)41(55)52(42(33)56)37-9-10-39(53)47-40(37)54/h3-8,19-21,26,29,31,37H,9-18,22-25H2,1H3,(H,47,53,54)/t26-,37?/m0/s1. The van der Waals surface area contributed by atoms with Crippen molar-refractivity contribution in [3.63, 3.8) is 0 Å². The molecule has 2 atom stereocenters. The van der Waals surface area contributed by atoms with E-state index >= 15 is 4.39 Å². The van der Waals surface area contributed by atoms with Crippen molar-refractivity contribution in [2.75, 3.05) is 60.5 Å². The third-order valence-corrected chi connectivity index (χ3v) is 13.5. The molecule has 4 amide bonds. The van der Waals surface area contributed by atoms with Crippen LogP contribution in [0.3, 0.4) is 0 Å². The van der Waals surface area contributed by atoms with Crippen LogP contribution in [0.2, 0.25) is 5.02 Å². The van der Waals surface area contributed by atoms with Crippen LogP contribution in [0.5, 0.6) is 5.75 Å². The number of amides is 4. The number of rotatable bonds is 7. The molecule has 0 saturated carbocycles. The highest BCUT2D eigenvalue weighted by Gasteiger charge is 2.47. The maximum absolute atomic E-state index is 15.4. The zero-order chi connectivity index (χ0) is 39.6. The summed E-state index contributed by atoms with van der Waals surface area (Å²) in [5, 5.41) is 2.70. The molecule has 0 radical (unpaired) electrons. The molecule has 1 spiro atoms. The molecule has 3 aromatic carbocycles. The molecule has 9 rings (SSSR count). The maximum atomic E-state index is 15.4. The number of nitrogens with one attached hydrogen (secondary N) is 1. The van der Waals surface area contributed by atoms with Gasteiger partial charge in [-0.1, -0.05) is 17.7 Å². The van der Waals surface area contributed by atoms with Crippen LogP contribution in [0.25, 0.3) is 4.85 Å². The zero-order valence-corrected chi connectivity index (χ0v) is 32.6. The maximum Gasteiger partial charge on any atom is 0.262 e. The second-order valence-electron chi connectivity index (χ2n) is 16.6. The van der Waals surface area contributed by atoms with Crippen LogP contribution in [0, 0.1) is 17.8 Å². The average Bonchev–Trinajstić information content (AvgIpc) is 3.63. The molecule has 0 bridgehead atoms. The van der Waals surface area contributed by atoms with Gasteiger partial charge in [0.1, 0.15) is 23.7 Å². The molecule has 0 aromatic heterocycles. The van der Waals surface area contributed by atoms with E-state index in [0.717, 1.165) is 87.2 Å². The third kappa shape index (κ3) is 6.86. The molecule has 1 unspecified atom stereocenters. The molecule has 6 aliphatic heterocycles. The molecule has 296 valence electrons. The minimum absolute atomic E-state index is 0.0245. The van der Waals surface area contributed by atoms with E-state index < -0.39 is 35.5 Å². The Morgan fingerprint density at radius 2 is 1.56 bits per heavy atom. The van der Waals surface area contributed by atoms with E-state index in [1.807, 2.05) is 23.1 Å². The molecule has 57 heavy (non-hydrogen) atoms. The largest absolute Gasteiger partial charge is 0.490 e. The number of carbonyl (C=O) groups excluding carboxylic acids is 4. The van der Waals surface area contributed by atoms with Crippen LogP contribution in [0.1, 0.15) is 72.6 Å². The Morgan fingerprint density at radius 3 is 2.23 bits per heavy atom. The van der Waals surface area contributed by atoms with Gasteiger partial charge in [0.25, 0.3) is 11.8 Å². The second-order valence-corrected chi connectivity index (χ2v) is 17.0. The van der Waals surface area contributed by atoms with Crippen LogP contribution >= 0.6 is 11.6 Å². The highest BCUT2D eigenvalue weighted by atomic mass is 35.5. The molecule has 3 aromatic rings. The van der Waals surface area contributed by atoms with Gasteiger partial charge in [-0.05, 0) is 99.4 Å². The number of likely N-dealkylation sites (tertiary alicyclic amines) is 1. The fraction of sp³-hybridized carbons (Fsp3) is 0.465. The first kappa shape index (κ1) is 37.4. The van der Waals surface area contributed by atoms with Crippen molar-refractivity contribution in [1.82, 2.24) is 15.1 Å². The number of piperidine rings is 3. The fourth-order valence-electron chi connectivity index (χ4n) is 9.92. The predicted octanol–water partition coefficient (Wildman–Crippen LogP) is 6.05. The van der Waals surface area contributed by atoms with E-state index in [4.69, 9.17) is 22.9 Å². The topological polar surface area (TPSA) is 110 Å². The Labute approximate surface area is 336 Å². The van der Waals surface area contributed by atoms with Gasteiger partial charge in [0.15, 0.2) is 0 Å². The SMILES string of the molecule is [C-]#[N+]c1ccc(N2CC3(CCN(c4ccc(OC5CCN(C6CN(c7cc8c(cc7F)C(=O)N(C7CCC(=O)NC7=O)C8=O)C6)CC5)cc4)CC3)C[C@@H]2C)cc1Cl. The summed E-state index contributed by atoms with van der Waals surface area (Å²) in [5.41, 5.74) is 3.39. The quantitative estimate of drug-likeness (QED) is 0.226. The third-order valence-electron chi connectivity index (χ3n) is 13.2. The Kier molecular flexibility index (Phi) is 9.60. The first-order chi connectivity index (χ1) is 27.5. The Balaban J connectivity index is 0.735. The van der Waals surface area contributed by atoms with Gasteiger partial charge < -0.3 is 19.4 Å². The van der Waals surface area contributed by atoms with Crippen molar-refractivity contribution in [3.05, 3.63) is 88.0 Å². The lowest BCUT2D eigenvalue weighted by Gasteiger charge is -2.48. The minimum Gasteiger partial charge on any atom is -0.490 e. The van der Waals surface area contributed by atoms with Gasteiger partial charge in [-0.25, -0.2) is 9.24 Å². The summed E-state index contributed by atoms with van der Waals surface area (Å²) in [6.07, 6.45) is 5.38. The predicted molar refractivity (Wildman–Crippen MR) is 214 cm³/mol. The number of hydrogen-bond acceptors (Lipinski definition) is 9. The average molecular weight is 794 g/mol. The Morgan fingerprint density at radius 1 is 0.877 bits per heavy atom. The van der Waals surface area contributed by atoms with Crippen LogP contribution in [-0.4, -0.2) is 103 Å². The van der Waals surface area contributed by atoms with E-state index in [9.17, 15) is 19.2 Å². The summed E-state index contributed by atoms with van der Waals surface area (Å²) in [7, 11) is 0. The van der Waals surface area contributed by atoms with Crippen molar-refractivity contribution < 1.29 is 28.3 Å². The van der Waals surface area contributed by atoms with Crippen molar-refractivity contribution in [3.8, 4) is 5.75 Å². The number of carbonyl (C=O) groups is 4. The lowest BCUT2D eigenvalue weighted by atomic mass is 9.76. The number of fused-ring (bicyclic) bond motifs is 1. The molecule has 6 aliphatic rings. The summed E-state index contributed by atoms with van der Waals surface area (Å²) < 4.78 is 21.8. The Bertz CT molecular complexity index is 2170. The first-order valence-electron chi connectivity index (χ1n) is 20.0.